The van der Waals surface area contributed by atoms with Crippen molar-refractivity contribution in [1.82, 2.24) is 0 Å². The van der Waals surface area contributed by atoms with Gasteiger partial charge in [-0.15, -0.1) is 0 Å². The molecule has 0 aromatic rings. The molecule has 50 valence electrons. The Morgan fingerprint density at radius 1 is 1.62 bits per heavy atom. The zero-order chi connectivity index (χ0) is 9.12. The Morgan fingerprint density at radius 3 is 2.25 bits per heavy atom. The van der Waals surface area contributed by atoms with E-state index in [1.807, 2.05) is 0 Å². The summed E-state index contributed by atoms with van der Waals surface area (Å²) < 4.78 is 40.2. The molecule has 0 amide bonds. The quantitative estimate of drug-likeness (QED) is 0.587. The van der Waals surface area contributed by atoms with Crippen LogP contribution >= 0.6 is 18.2 Å². The van der Waals surface area contributed by atoms with Gasteiger partial charge in [-0.2, -0.15) is 0 Å². The summed E-state index contributed by atoms with van der Waals surface area (Å²) in [4.78, 5) is 0. The molecule has 0 radical (unpaired) electrons. The molecule has 0 aliphatic carbocycles. The lowest BCUT2D eigenvalue weighted by Crippen LogP contribution is -1.80. The van der Waals surface area contributed by atoms with Crippen LogP contribution in [0.5, 0.6) is 0 Å². The first-order chi connectivity index (χ1) is 4.83. The third kappa shape index (κ3) is 2.18. The third-order valence-electron chi connectivity index (χ3n) is 0.559. The van der Waals surface area contributed by atoms with Crippen molar-refractivity contribution in [3.05, 3.63) is 0 Å². The van der Waals surface area contributed by atoms with Gasteiger partial charge in [0.05, 0.1) is 0 Å². The van der Waals surface area contributed by atoms with E-state index in [4.69, 9.17) is 4.11 Å². The van der Waals surface area contributed by atoms with Crippen LogP contribution in [-0.2, 0) is 13.6 Å². The molecule has 0 saturated carbocycles. The van der Waals surface area contributed by atoms with Gasteiger partial charge in [0, 0.05) is 18.3 Å². The number of rotatable bonds is 3. The van der Waals surface area contributed by atoms with Crippen molar-refractivity contribution < 1.29 is 17.7 Å². The number of hydrogen-bond acceptors (Lipinski definition) is 4. The summed E-state index contributed by atoms with van der Waals surface area (Å²) in [5, 5.41) is 0. The van der Waals surface area contributed by atoms with Crippen molar-refractivity contribution in [3.63, 3.8) is 0 Å². The number of hydrogen-bond donors (Lipinski definition) is 0. The molecule has 0 aromatic carbocycles. The average Bonchev–Trinajstić information content (AvgIpc) is 1.84. The fraction of sp³-hybridized carbons (Fsp3) is 1.00. The largest absolute Gasteiger partial charge is 0.388 e. The van der Waals surface area contributed by atoms with Crippen LogP contribution in [0.1, 0.15) is 4.11 Å². The molecule has 0 N–H and O–H groups in total. The first-order valence-electron chi connectivity index (χ1n) is 3.25. The van der Waals surface area contributed by atoms with E-state index in [0.717, 1.165) is 14.2 Å². The van der Waals surface area contributed by atoms with Crippen LogP contribution in [0.15, 0.2) is 0 Å². The summed E-state index contributed by atoms with van der Waals surface area (Å²) >= 11 is 0.215. The normalized spacial score (nSPS) is 19.0. The van der Waals surface area contributed by atoms with Gasteiger partial charge in [-0.25, -0.2) is 4.57 Å². The predicted molar refractivity (Wildman–Crippen MR) is 35.1 cm³/mol. The molecule has 0 spiro atoms. The average molecular weight is 159 g/mol. The topological polar surface area (TPSA) is 35.5 Å². The maximum absolute atomic E-state index is 11.1. The minimum Gasteiger partial charge on any atom is -0.304 e. The Morgan fingerprint density at radius 2 is 2.12 bits per heavy atom. The summed E-state index contributed by atoms with van der Waals surface area (Å²) in [6.07, 6.45) is -2.36. The molecule has 0 aliphatic rings. The Kier molecular flexibility index (Phi) is 1.90. The maximum atomic E-state index is 11.1. The second-order valence-corrected chi connectivity index (χ2v) is 4.60. The van der Waals surface area contributed by atoms with Crippen LogP contribution in [0.4, 0.5) is 0 Å². The van der Waals surface area contributed by atoms with E-state index in [9.17, 15) is 4.57 Å². The second kappa shape index (κ2) is 3.51. The molecule has 0 rings (SSSR count). The molecule has 0 aromatic heterocycles. The minimum absolute atomic E-state index is 0.215. The molecule has 5 heteroatoms. The van der Waals surface area contributed by atoms with Gasteiger partial charge in [0.1, 0.15) is 0 Å². The Hall–Kier alpha value is 0.500. The Bertz CT molecular complexity index is 162. The van der Waals surface area contributed by atoms with Crippen LogP contribution in [0, 0.1) is 0 Å². The van der Waals surface area contributed by atoms with Crippen LogP contribution in [0.25, 0.3) is 0 Å². The van der Waals surface area contributed by atoms with Gasteiger partial charge in [0.2, 0.25) is 0 Å². The summed E-state index contributed by atoms with van der Waals surface area (Å²) in [6.45, 7) is -3.45. The molecule has 3 nitrogen and oxygen atoms in total. The highest BCUT2D eigenvalue weighted by molar-refractivity contribution is 8.54. The van der Waals surface area contributed by atoms with E-state index in [1.54, 1.807) is 0 Å². The van der Waals surface area contributed by atoms with E-state index < -0.39 is 13.0 Å². The molecule has 0 unspecified atom stereocenters. The standard InChI is InChI=1S/C3H9O3PS/c1-5-7(4,6-2)8-3/h1-3H3/i3D3. The fourth-order valence-electron chi connectivity index (χ4n) is 0.149. The van der Waals surface area contributed by atoms with Gasteiger partial charge in [0.15, 0.2) is 0 Å². The first kappa shape index (κ1) is 4.34. The van der Waals surface area contributed by atoms with Crippen molar-refractivity contribution in [2.24, 2.45) is 0 Å². The fourth-order valence-corrected chi connectivity index (χ4v) is 0.894. The van der Waals surface area contributed by atoms with Crippen LogP contribution in [0.3, 0.4) is 0 Å². The molecule has 0 aliphatic heterocycles. The highest BCUT2D eigenvalue weighted by Gasteiger charge is 2.17. The van der Waals surface area contributed by atoms with Gasteiger partial charge in [0.25, 0.3) is 0 Å². The second-order valence-electron chi connectivity index (χ2n) is 0.904. The Balaban J connectivity index is 4.21. The van der Waals surface area contributed by atoms with Crippen LogP contribution < -0.4 is 0 Å². The smallest absolute Gasteiger partial charge is 0.304 e. The zero-order valence-corrected chi connectivity index (χ0v) is 6.29. The molecule has 0 heterocycles. The van der Waals surface area contributed by atoms with Gasteiger partial charge in [-0.3, -0.25) is 0 Å². The van der Waals surface area contributed by atoms with Gasteiger partial charge in [-0.1, -0.05) is 0 Å². The SMILES string of the molecule is [2H]C([2H])([2H])SP(=O)(OC)OC. The maximum Gasteiger partial charge on any atom is 0.388 e. The molecule has 0 saturated heterocycles. The van der Waals surface area contributed by atoms with Gasteiger partial charge < -0.3 is 9.05 Å². The molecule has 0 atom stereocenters. The van der Waals surface area contributed by atoms with Crippen molar-refractivity contribution >= 4 is 18.2 Å². The van der Waals surface area contributed by atoms with E-state index >= 15 is 0 Å². The lowest BCUT2D eigenvalue weighted by Gasteiger charge is -2.07. The lowest BCUT2D eigenvalue weighted by molar-refractivity contribution is 0.295. The third-order valence-corrected chi connectivity index (χ3v) is 3.24. The molecule has 0 fully saturated rings. The zero-order valence-electron chi connectivity index (χ0n) is 7.58. The minimum atomic E-state index is -3.45. The molecule has 8 heavy (non-hydrogen) atoms. The van der Waals surface area contributed by atoms with Crippen LogP contribution in [0.2, 0.25) is 0 Å². The Labute approximate surface area is 57.2 Å². The van der Waals surface area contributed by atoms with Crippen molar-refractivity contribution in [3.8, 4) is 0 Å². The summed E-state index contributed by atoms with van der Waals surface area (Å²) in [6, 6.07) is 0. The van der Waals surface area contributed by atoms with Crippen molar-refractivity contribution in [2.45, 2.75) is 0 Å². The highest BCUT2D eigenvalue weighted by Crippen LogP contribution is 2.57. The molecule has 0 bridgehead atoms. The first-order valence-corrected chi connectivity index (χ1v) is 4.72. The van der Waals surface area contributed by atoms with Crippen LogP contribution in [-0.4, -0.2) is 20.4 Å². The van der Waals surface area contributed by atoms with Gasteiger partial charge in [-0.05, 0) is 17.6 Å². The predicted octanol–water partition coefficient (Wildman–Crippen LogP) is 1.75. The summed E-state index contributed by atoms with van der Waals surface area (Å²) in [5.74, 6) is 0. The van der Waals surface area contributed by atoms with E-state index in [1.165, 1.54) is 0 Å². The van der Waals surface area contributed by atoms with Gasteiger partial charge >= 0.3 is 6.80 Å². The van der Waals surface area contributed by atoms with E-state index in [-0.39, 0.29) is 11.4 Å². The molecular formula is C3H9O3PS. The monoisotopic (exact) mass is 159 g/mol. The van der Waals surface area contributed by atoms with E-state index in [0.29, 0.717) is 0 Å². The molecular weight excluding hydrogens is 147 g/mol. The van der Waals surface area contributed by atoms with Crippen molar-refractivity contribution in [2.75, 3.05) is 20.4 Å². The van der Waals surface area contributed by atoms with Crippen molar-refractivity contribution in [1.29, 1.82) is 0 Å². The summed E-state index contributed by atoms with van der Waals surface area (Å²) in [7, 11) is 2.28. The summed E-state index contributed by atoms with van der Waals surface area (Å²) in [5.41, 5.74) is 0. The lowest BCUT2D eigenvalue weighted by atomic mass is 11.8. The van der Waals surface area contributed by atoms with E-state index in [2.05, 4.69) is 9.05 Å². The highest BCUT2D eigenvalue weighted by atomic mass is 32.7.